The average Bonchev–Trinajstić information content (AvgIpc) is 2.37. The second-order valence-corrected chi connectivity index (χ2v) is 2.37. The molecule has 1 aliphatic heterocycles. The Balaban J connectivity index is 2.30. The van der Waals surface area contributed by atoms with Gasteiger partial charge < -0.3 is 14.8 Å². The van der Waals surface area contributed by atoms with Crippen LogP contribution in [0.4, 0.5) is 4.79 Å². The Hall–Kier alpha value is -1.26. The van der Waals surface area contributed by atoms with E-state index in [0.717, 1.165) is 0 Å². The summed E-state index contributed by atoms with van der Waals surface area (Å²) in [4.78, 5) is 21.6. The number of esters is 1. The number of cyclic esters (lactones) is 1. The van der Waals surface area contributed by atoms with Gasteiger partial charge in [-0.1, -0.05) is 0 Å². The van der Waals surface area contributed by atoms with E-state index in [1.54, 1.807) is 6.92 Å². The molecule has 0 aliphatic carbocycles. The summed E-state index contributed by atoms with van der Waals surface area (Å²) in [5, 5.41) is 2.39. The molecular weight excluding hydrogens is 162 g/mol. The summed E-state index contributed by atoms with van der Waals surface area (Å²) in [6.45, 7) is 2.37. The molecule has 1 saturated heterocycles. The highest BCUT2D eigenvalue weighted by Crippen LogP contribution is 2.05. The minimum absolute atomic E-state index is 0.299. The predicted molar refractivity (Wildman–Crippen MR) is 39.5 cm³/mol. The Kier molecular flexibility index (Phi) is 2.90. The van der Waals surface area contributed by atoms with Crippen molar-refractivity contribution in [3.05, 3.63) is 0 Å². The van der Waals surface area contributed by atoms with Gasteiger partial charge in [0.1, 0.15) is 6.04 Å². The van der Waals surface area contributed by atoms with Crippen molar-refractivity contribution in [2.45, 2.75) is 19.4 Å². The highest BCUT2D eigenvalue weighted by Gasteiger charge is 2.28. The largest absolute Gasteiger partial charge is 0.464 e. The molecule has 0 aromatic rings. The summed E-state index contributed by atoms with van der Waals surface area (Å²) in [7, 11) is 0. The molecule has 0 bridgehead atoms. The zero-order valence-corrected chi connectivity index (χ0v) is 6.83. The molecule has 68 valence electrons. The van der Waals surface area contributed by atoms with Crippen molar-refractivity contribution in [2.24, 2.45) is 0 Å². The zero-order valence-electron chi connectivity index (χ0n) is 6.83. The van der Waals surface area contributed by atoms with Crippen LogP contribution in [0.15, 0.2) is 0 Å². The Morgan fingerprint density at radius 1 is 1.83 bits per heavy atom. The lowest BCUT2D eigenvalue weighted by Crippen LogP contribution is -2.38. The normalized spacial score (nSPS) is 21.8. The van der Waals surface area contributed by atoms with Crippen molar-refractivity contribution in [1.82, 2.24) is 5.32 Å². The van der Waals surface area contributed by atoms with E-state index in [9.17, 15) is 9.59 Å². The molecule has 12 heavy (non-hydrogen) atoms. The number of rotatable bonds is 2. The van der Waals surface area contributed by atoms with Gasteiger partial charge in [-0.15, -0.1) is 0 Å². The SMILES string of the molecule is CCOC(=O)NC1CCOC1=O. The number of carbonyl (C=O) groups is 2. The molecule has 5 heteroatoms. The van der Waals surface area contributed by atoms with Crippen LogP contribution < -0.4 is 5.32 Å². The van der Waals surface area contributed by atoms with E-state index >= 15 is 0 Å². The number of amides is 1. The van der Waals surface area contributed by atoms with Gasteiger partial charge in [0.25, 0.3) is 0 Å². The smallest absolute Gasteiger partial charge is 0.407 e. The molecule has 1 N–H and O–H groups in total. The minimum Gasteiger partial charge on any atom is -0.464 e. The van der Waals surface area contributed by atoms with E-state index < -0.39 is 12.1 Å². The van der Waals surface area contributed by atoms with Crippen LogP contribution in [0.5, 0.6) is 0 Å². The third-order valence-corrected chi connectivity index (χ3v) is 1.50. The molecule has 1 rings (SSSR count). The second kappa shape index (κ2) is 3.94. The van der Waals surface area contributed by atoms with Crippen molar-refractivity contribution in [3.8, 4) is 0 Å². The van der Waals surface area contributed by atoms with Crippen LogP contribution >= 0.6 is 0 Å². The Morgan fingerprint density at radius 2 is 2.58 bits per heavy atom. The molecule has 0 radical (unpaired) electrons. The van der Waals surface area contributed by atoms with Crippen LogP contribution in [0, 0.1) is 0 Å². The van der Waals surface area contributed by atoms with Crippen LogP contribution in [-0.4, -0.2) is 31.3 Å². The number of carbonyl (C=O) groups excluding carboxylic acids is 2. The Bertz CT molecular complexity index is 192. The lowest BCUT2D eigenvalue weighted by atomic mass is 10.2. The second-order valence-electron chi connectivity index (χ2n) is 2.37. The first-order valence-electron chi connectivity index (χ1n) is 3.84. The molecular formula is C7H11NO4. The fraction of sp³-hybridized carbons (Fsp3) is 0.714. The van der Waals surface area contributed by atoms with Gasteiger partial charge in [-0.2, -0.15) is 0 Å². The number of hydrogen-bond acceptors (Lipinski definition) is 4. The lowest BCUT2D eigenvalue weighted by molar-refractivity contribution is -0.139. The third-order valence-electron chi connectivity index (χ3n) is 1.50. The summed E-state index contributed by atoms with van der Waals surface area (Å²) in [6.07, 6.45) is -0.0428. The molecule has 0 aromatic carbocycles. The topological polar surface area (TPSA) is 64.6 Å². The highest BCUT2D eigenvalue weighted by atomic mass is 16.6. The van der Waals surface area contributed by atoms with Crippen LogP contribution in [-0.2, 0) is 14.3 Å². The molecule has 1 heterocycles. The summed E-state index contributed by atoms with van der Waals surface area (Å²) in [5.41, 5.74) is 0. The lowest BCUT2D eigenvalue weighted by Gasteiger charge is -2.07. The number of nitrogens with one attached hydrogen (secondary N) is 1. The molecule has 1 aliphatic rings. The van der Waals surface area contributed by atoms with Crippen LogP contribution in [0.3, 0.4) is 0 Å². The number of ether oxygens (including phenoxy) is 2. The van der Waals surface area contributed by atoms with E-state index in [-0.39, 0.29) is 5.97 Å². The summed E-state index contributed by atoms with van der Waals surface area (Å²) in [5.74, 6) is -0.386. The summed E-state index contributed by atoms with van der Waals surface area (Å²) < 4.78 is 9.23. The van der Waals surface area contributed by atoms with E-state index in [1.165, 1.54) is 0 Å². The summed E-state index contributed by atoms with van der Waals surface area (Å²) >= 11 is 0. The minimum atomic E-state index is -0.568. The van der Waals surface area contributed by atoms with Gasteiger partial charge in [-0.3, -0.25) is 0 Å². The Labute approximate surface area is 70.0 Å². The molecule has 0 spiro atoms. The van der Waals surface area contributed by atoms with Crippen LogP contribution in [0.1, 0.15) is 13.3 Å². The van der Waals surface area contributed by atoms with Crippen molar-refractivity contribution >= 4 is 12.1 Å². The number of hydrogen-bond donors (Lipinski definition) is 1. The van der Waals surface area contributed by atoms with E-state index in [0.29, 0.717) is 19.6 Å². The molecule has 1 fully saturated rings. The quantitative estimate of drug-likeness (QED) is 0.599. The molecule has 1 amide bonds. The van der Waals surface area contributed by atoms with Gasteiger partial charge in [0.05, 0.1) is 13.2 Å². The first-order valence-corrected chi connectivity index (χ1v) is 3.84. The maximum atomic E-state index is 10.8. The van der Waals surface area contributed by atoms with Gasteiger partial charge in [-0.05, 0) is 6.92 Å². The van der Waals surface area contributed by atoms with Gasteiger partial charge in [0, 0.05) is 6.42 Å². The first-order chi connectivity index (χ1) is 5.74. The van der Waals surface area contributed by atoms with E-state index in [4.69, 9.17) is 0 Å². The zero-order chi connectivity index (χ0) is 8.97. The van der Waals surface area contributed by atoms with Gasteiger partial charge in [0.2, 0.25) is 0 Å². The molecule has 0 aromatic heterocycles. The fourth-order valence-electron chi connectivity index (χ4n) is 0.942. The molecule has 1 unspecified atom stereocenters. The molecule has 5 nitrogen and oxygen atoms in total. The van der Waals surface area contributed by atoms with E-state index in [1.807, 2.05) is 0 Å². The monoisotopic (exact) mass is 173 g/mol. The van der Waals surface area contributed by atoms with Gasteiger partial charge in [-0.25, -0.2) is 9.59 Å². The fourth-order valence-corrected chi connectivity index (χ4v) is 0.942. The molecule has 0 saturated carbocycles. The first kappa shape index (κ1) is 8.83. The maximum absolute atomic E-state index is 10.8. The van der Waals surface area contributed by atoms with Gasteiger partial charge >= 0.3 is 12.1 Å². The van der Waals surface area contributed by atoms with Crippen molar-refractivity contribution < 1.29 is 19.1 Å². The van der Waals surface area contributed by atoms with Crippen molar-refractivity contribution in [3.63, 3.8) is 0 Å². The third kappa shape index (κ3) is 2.11. The van der Waals surface area contributed by atoms with E-state index in [2.05, 4.69) is 14.8 Å². The standard InChI is InChI=1S/C7H11NO4/c1-2-11-7(10)8-5-3-4-12-6(5)9/h5H,2-4H2,1H3,(H,8,10). The number of alkyl carbamates (subject to hydrolysis) is 1. The summed E-state index contributed by atoms with van der Waals surface area (Å²) in [6, 6.07) is -0.524. The van der Waals surface area contributed by atoms with Crippen LogP contribution in [0.2, 0.25) is 0 Å². The Morgan fingerprint density at radius 3 is 3.08 bits per heavy atom. The highest BCUT2D eigenvalue weighted by molar-refractivity contribution is 5.82. The van der Waals surface area contributed by atoms with Crippen molar-refractivity contribution in [2.75, 3.05) is 13.2 Å². The maximum Gasteiger partial charge on any atom is 0.407 e. The van der Waals surface area contributed by atoms with Crippen LogP contribution in [0.25, 0.3) is 0 Å². The predicted octanol–water partition coefficient (Wildman–Crippen LogP) is 0.0480. The van der Waals surface area contributed by atoms with Crippen molar-refractivity contribution in [1.29, 1.82) is 0 Å². The molecule has 1 atom stereocenters. The average molecular weight is 173 g/mol. The van der Waals surface area contributed by atoms with Gasteiger partial charge in [0.15, 0.2) is 0 Å².